The summed E-state index contributed by atoms with van der Waals surface area (Å²) in [5, 5.41) is 7.63. The molecule has 168 valence electrons. The van der Waals surface area contributed by atoms with Gasteiger partial charge in [0.25, 0.3) is 0 Å². The zero-order chi connectivity index (χ0) is 22.3. The van der Waals surface area contributed by atoms with E-state index in [1.165, 1.54) is 5.69 Å². The van der Waals surface area contributed by atoms with Crippen LogP contribution in [0.25, 0.3) is 0 Å². The Morgan fingerprint density at radius 3 is 2.69 bits per heavy atom. The van der Waals surface area contributed by atoms with Gasteiger partial charge in [0.15, 0.2) is 0 Å². The Morgan fingerprint density at radius 1 is 1.12 bits per heavy atom. The summed E-state index contributed by atoms with van der Waals surface area (Å²) >= 11 is 0. The fraction of sp³-hybridized carbons (Fsp3) is 0.400. The van der Waals surface area contributed by atoms with E-state index in [2.05, 4.69) is 38.0 Å². The zero-order valence-electron chi connectivity index (χ0n) is 18.8. The number of aryl methyl sites for hydroxylation is 3. The van der Waals surface area contributed by atoms with Gasteiger partial charge in [-0.3, -0.25) is 19.4 Å². The predicted octanol–water partition coefficient (Wildman–Crippen LogP) is 4.57. The van der Waals surface area contributed by atoms with Gasteiger partial charge in [0.2, 0.25) is 5.91 Å². The summed E-state index contributed by atoms with van der Waals surface area (Å²) in [7, 11) is 0. The molecule has 1 saturated heterocycles. The number of hydrogen-bond acceptors (Lipinski definition) is 5. The molecular formula is C25H31N5O2. The van der Waals surface area contributed by atoms with E-state index in [9.17, 15) is 4.79 Å². The van der Waals surface area contributed by atoms with Gasteiger partial charge in [0.1, 0.15) is 11.5 Å². The maximum Gasteiger partial charge on any atom is 0.241 e. The van der Waals surface area contributed by atoms with Crippen LogP contribution in [0.15, 0.2) is 54.9 Å². The lowest BCUT2D eigenvalue weighted by Gasteiger charge is -2.34. The number of hydrogen-bond donors (Lipinski definition) is 1. The van der Waals surface area contributed by atoms with Crippen molar-refractivity contribution in [2.45, 2.75) is 52.1 Å². The maximum atomic E-state index is 13.0. The van der Waals surface area contributed by atoms with Crippen molar-refractivity contribution in [1.29, 1.82) is 0 Å². The van der Waals surface area contributed by atoms with Crippen molar-refractivity contribution in [2.75, 3.05) is 18.4 Å². The van der Waals surface area contributed by atoms with Crippen molar-refractivity contribution in [3.05, 3.63) is 66.2 Å². The molecule has 4 rings (SSSR count). The minimum absolute atomic E-state index is 0.0664. The van der Waals surface area contributed by atoms with Gasteiger partial charge in [0, 0.05) is 30.7 Å². The highest BCUT2D eigenvalue weighted by Gasteiger charge is 2.28. The predicted molar refractivity (Wildman–Crippen MR) is 125 cm³/mol. The van der Waals surface area contributed by atoms with Crippen LogP contribution in [0.3, 0.4) is 0 Å². The summed E-state index contributed by atoms with van der Waals surface area (Å²) in [6.07, 6.45) is 7.48. The molecule has 0 bridgehead atoms. The Labute approximate surface area is 189 Å². The maximum absolute atomic E-state index is 13.0. The first-order valence-electron chi connectivity index (χ1n) is 11.3. The number of carbonyl (C=O) groups is 1. The molecule has 0 radical (unpaired) electrons. The molecule has 1 N–H and O–H groups in total. The van der Waals surface area contributed by atoms with Crippen LogP contribution in [-0.4, -0.2) is 44.7 Å². The second-order valence-corrected chi connectivity index (χ2v) is 8.36. The number of likely N-dealkylation sites (tertiary alicyclic amines) is 1. The van der Waals surface area contributed by atoms with Gasteiger partial charge in [-0.25, -0.2) is 0 Å². The Kier molecular flexibility index (Phi) is 7.17. The van der Waals surface area contributed by atoms with E-state index in [-0.39, 0.29) is 11.9 Å². The minimum atomic E-state index is -0.0875. The van der Waals surface area contributed by atoms with E-state index in [0.29, 0.717) is 11.5 Å². The van der Waals surface area contributed by atoms with E-state index >= 15 is 0 Å². The number of ether oxygens (including phenoxy) is 1. The van der Waals surface area contributed by atoms with Gasteiger partial charge in [-0.05, 0) is 82.1 Å². The first-order valence-corrected chi connectivity index (χ1v) is 11.3. The smallest absolute Gasteiger partial charge is 0.241 e. The Morgan fingerprint density at radius 2 is 1.97 bits per heavy atom. The Hall–Kier alpha value is -3.19. The molecule has 32 heavy (non-hydrogen) atoms. The van der Waals surface area contributed by atoms with Crippen molar-refractivity contribution in [2.24, 2.45) is 0 Å². The normalized spacial score (nSPS) is 16.6. The van der Waals surface area contributed by atoms with Gasteiger partial charge < -0.3 is 10.1 Å². The highest BCUT2D eigenvalue weighted by atomic mass is 16.5. The SMILES string of the molecule is Cc1cc(C)n(CCCN2CCCC[C@H]2C(=O)Nc2ccc(Oc3cccnc3)cc2)n1. The molecule has 0 saturated carbocycles. The fourth-order valence-corrected chi connectivity index (χ4v) is 4.26. The number of pyridine rings is 1. The van der Waals surface area contributed by atoms with Crippen molar-refractivity contribution < 1.29 is 9.53 Å². The number of benzene rings is 1. The van der Waals surface area contributed by atoms with E-state index in [4.69, 9.17) is 4.74 Å². The third-order valence-electron chi connectivity index (χ3n) is 5.83. The average Bonchev–Trinajstić information content (AvgIpc) is 3.13. The van der Waals surface area contributed by atoms with E-state index < -0.39 is 0 Å². The molecule has 3 heterocycles. The molecule has 1 amide bonds. The molecule has 1 aromatic carbocycles. The molecule has 0 spiro atoms. The number of carbonyl (C=O) groups excluding carboxylic acids is 1. The van der Waals surface area contributed by atoms with Crippen LogP contribution in [0.4, 0.5) is 5.69 Å². The summed E-state index contributed by atoms with van der Waals surface area (Å²) in [6.45, 7) is 6.85. The standard InChI is InChI=1S/C25H31N5O2/c1-19-17-20(2)30(28-19)16-6-15-29-14-4-3-8-24(29)25(31)27-21-9-11-22(12-10-21)32-23-7-5-13-26-18-23/h5,7,9-13,17-18,24H,3-4,6,8,14-16H2,1-2H3,(H,27,31)/t24-/m0/s1. The first-order chi connectivity index (χ1) is 15.6. The summed E-state index contributed by atoms with van der Waals surface area (Å²) in [5.41, 5.74) is 3.02. The third kappa shape index (κ3) is 5.73. The summed E-state index contributed by atoms with van der Waals surface area (Å²) in [5.74, 6) is 1.46. The first kappa shape index (κ1) is 22.0. The van der Waals surface area contributed by atoms with Gasteiger partial charge in [-0.2, -0.15) is 5.10 Å². The van der Waals surface area contributed by atoms with Crippen LogP contribution in [0.5, 0.6) is 11.5 Å². The molecule has 2 aromatic heterocycles. The van der Waals surface area contributed by atoms with Gasteiger partial charge >= 0.3 is 0 Å². The molecule has 7 nitrogen and oxygen atoms in total. The highest BCUT2D eigenvalue weighted by molar-refractivity contribution is 5.94. The van der Waals surface area contributed by atoms with Crippen molar-refractivity contribution in [3.8, 4) is 11.5 Å². The quantitative estimate of drug-likeness (QED) is 0.563. The molecule has 1 atom stereocenters. The third-order valence-corrected chi connectivity index (χ3v) is 5.83. The molecule has 3 aromatic rings. The zero-order valence-corrected chi connectivity index (χ0v) is 18.8. The highest BCUT2D eigenvalue weighted by Crippen LogP contribution is 2.23. The molecular weight excluding hydrogens is 402 g/mol. The van der Waals surface area contributed by atoms with E-state index in [1.54, 1.807) is 12.4 Å². The number of amides is 1. The topological polar surface area (TPSA) is 72.3 Å². The Balaban J connectivity index is 1.31. The number of piperidine rings is 1. The van der Waals surface area contributed by atoms with Crippen LogP contribution >= 0.6 is 0 Å². The molecule has 1 aliphatic heterocycles. The number of nitrogens with one attached hydrogen (secondary N) is 1. The lowest BCUT2D eigenvalue weighted by molar-refractivity contribution is -0.122. The number of aromatic nitrogens is 3. The van der Waals surface area contributed by atoms with Gasteiger partial charge in [-0.15, -0.1) is 0 Å². The van der Waals surface area contributed by atoms with Crippen LogP contribution in [-0.2, 0) is 11.3 Å². The summed E-state index contributed by atoms with van der Waals surface area (Å²) in [4.78, 5) is 19.4. The molecule has 0 aliphatic carbocycles. The molecule has 7 heteroatoms. The molecule has 0 unspecified atom stereocenters. The van der Waals surface area contributed by atoms with Crippen molar-refractivity contribution in [1.82, 2.24) is 19.7 Å². The van der Waals surface area contributed by atoms with Gasteiger partial charge in [0.05, 0.1) is 17.9 Å². The number of anilines is 1. The second-order valence-electron chi connectivity index (χ2n) is 8.36. The lowest BCUT2D eigenvalue weighted by atomic mass is 10.0. The van der Waals surface area contributed by atoms with Crippen molar-refractivity contribution >= 4 is 11.6 Å². The largest absolute Gasteiger partial charge is 0.456 e. The summed E-state index contributed by atoms with van der Waals surface area (Å²) < 4.78 is 7.83. The average molecular weight is 434 g/mol. The van der Waals surface area contributed by atoms with Crippen molar-refractivity contribution in [3.63, 3.8) is 0 Å². The fourth-order valence-electron chi connectivity index (χ4n) is 4.26. The van der Waals surface area contributed by atoms with E-state index in [1.807, 2.05) is 43.3 Å². The van der Waals surface area contributed by atoms with Crippen LogP contribution in [0.2, 0.25) is 0 Å². The number of rotatable bonds is 8. The number of nitrogens with zero attached hydrogens (tertiary/aromatic N) is 4. The summed E-state index contributed by atoms with van der Waals surface area (Å²) in [6, 6.07) is 13.2. The lowest BCUT2D eigenvalue weighted by Crippen LogP contribution is -2.47. The minimum Gasteiger partial charge on any atom is -0.456 e. The molecule has 1 fully saturated rings. The molecule has 1 aliphatic rings. The monoisotopic (exact) mass is 433 g/mol. The Bertz CT molecular complexity index is 1020. The van der Waals surface area contributed by atoms with Crippen LogP contribution < -0.4 is 10.1 Å². The van der Waals surface area contributed by atoms with Crippen LogP contribution in [0.1, 0.15) is 37.1 Å². The van der Waals surface area contributed by atoms with E-state index in [0.717, 1.165) is 56.7 Å². The van der Waals surface area contributed by atoms with Gasteiger partial charge in [-0.1, -0.05) is 6.42 Å². The second kappa shape index (κ2) is 10.4. The van der Waals surface area contributed by atoms with Crippen LogP contribution in [0, 0.1) is 13.8 Å².